The summed E-state index contributed by atoms with van der Waals surface area (Å²) in [6, 6.07) is 17.9. The SMILES string of the molecule is CCOc1ccc2cc(CNc3ccc(N4CCN(c5ncccn5)CC4)cc3)c(=O)[nH]c2c1. The molecule has 1 fully saturated rings. The van der Waals surface area contributed by atoms with Gasteiger partial charge in [-0.3, -0.25) is 4.79 Å². The van der Waals surface area contributed by atoms with Crippen LogP contribution in [-0.2, 0) is 6.54 Å². The highest BCUT2D eigenvalue weighted by molar-refractivity contribution is 5.80. The van der Waals surface area contributed by atoms with Gasteiger partial charge in [0.05, 0.1) is 12.1 Å². The third-order valence-corrected chi connectivity index (χ3v) is 6.04. The zero-order valence-electron chi connectivity index (χ0n) is 19.2. The fourth-order valence-corrected chi connectivity index (χ4v) is 4.22. The number of hydrogen-bond donors (Lipinski definition) is 2. The average molecular weight is 457 g/mol. The van der Waals surface area contributed by atoms with Gasteiger partial charge in [-0.15, -0.1) is 0 Å². The van der Waals surface area contributed by atoms with Crippen LogP contribution in [-0.4, -0.2) is 47.7 Å². The van der Waals surface area contributed by atoms with Crippen LogP contribution < -0.4 is 25.4 Å². The van der Waals surface area contributed by atoms with Gasteiger partial charge in [0.2, 0.25) is 5.95 Å². The van der Waals surface area contributed by atoms with Crippen LogP contribution in [0.25, 0.3) is 10.9 Å². The predicted octanol–water partition coefficient (Wildman–Crippen LogP) is 3.66. The van der Waals surface area contributed by atoms with Crippen molar-refractivity contribution < 1.29 is 4.74 Å². The van der Waals surface area contributed by atoms with Gasteiger partial charge in [-0.1, -0.05) is 0 Å². The lowest BCUT2D eigenvalue weighted by Crippen LogP contribution is -2.47. The Morgan fingerprint density at radius 2 is 1.71 bits per heavy atom. The second-order valence-electron chi connectivity index (χ2n) is 8.23. The minimum Gasteiger partial charge on any atom is -0.494 e. The Labute approximate surface area is 198 Å². The standard InChI is InChI=1S/C26H28N6O2/c1-2-34-23-9-4-19-16-20(25(33)30-24(19)17-23)18-29-21-5-7-22(8-6-21)31-12-14-32(15-13-31)26-27-10-3-11-28-26/h3-11,16-17,29H,2,12-15,18H2,1H3,(H,30,33). The van der Waals surface area contributed by atoms with Gasteiger partial charge in [0.1, 0.15) is 5.75 Å². The molecular formula is C26H28N6O2. The first-order chi connectivity index (χ1) is 16.7. The number of aromatic nitrogens is 3. The lowest BCUT2D eigenvalue weighted by Gasteiger charge is -2.36. The highest BCUT2D eigenvalue weighted by Crippen LogP contribution is 2.22. The van der Waals surface area contributed by atoms with E-state index in [1.807, 2.05) is 37.3 Å². The van der Waals surface area contributed by atoms with Crippen molar-refractivity contribution in [2.24, 2.45) is 0 Å². The Morgan fingerprint density at radius 3 is 2.44 bits per heavy atom. The number of nitrogens with one attached hydrogen (secondary N) is 2. The van der Waals surface area contributed by atoms with E-state index in [9.17, 15) is 4.79 Å². The molecule has 34 heavy (non-hydrogen) atoms. The topological polar surface area (TPSA) is 86.4 Å². The highest BCUT2D eigenvalue weighted by atomic mass is 16.5. The Morgan fingerprint density at radius 1 is 0.971 bits per heavy atom. The molecule has 2 aromatic carbocycles. The number of hydrogen-bond acceptors (Lipinski definition) is 7. The van der Waals surface area contributed by atoms with E-state index in [-0.39, 0.29) is 5.56 Å². The van der Waals surface area contributed by atoms with E-state index in [0.29, 0.717) is 18.7 Å². The molecule has 8 nitrogen and oxygen atoms in total. The van der Waals surface area contributed by atoms with Gasteiger partial charge in [0.15, 0.2) is 0 Å². The maximum Gasteiger partial charge on any atom is 0.253 e. The van der Waals surface area contributed by atoms with Crippen molar-refractivity contribution in [3.8, 4) is 5.75 Å². The molecule has 4 aromatic rings. The Bertz CT molecular complexity index is 1300. The molecule has 0 unspecified atom stereocenters. The molecule has 5 rings (SSSR count). The molecule has 1 saturated heterocycles. The Hall–Kier alpha value is -4.07. The minimum absolute atomic E-state index is 0.0921. The van der Waals surface area contributed by atoms with Gasteiger partial charge in [-0.2, -0.15) is 0 Å². The van der Waals surface area contributed by atoms with Crippen LogP contribution in [0.3, 0.4) is 0 Å². The lowest BCUT2D eigenvalue weighted by atomic mass is 10.1. The van der Waals surface area contributed by atoms with E-state index in [1.165, 1.54) is 5.69 Å². The highest BCUT2D eigenvalue weighted by Gasteiger charge is 2.19. The van der Waals surface area contributed by atoms with Crippen LogP contribution in [0.2, 0.25) is 0 Å². The van der Waals surface area contributed by atoms with Gasteiger partial charge in [-0.05, 0) is 60.8 Å². The molecule has 3 heterocycles. The first-order valence-corrected chi connectivity index (χ1v) is 11.6. The zero-order valence-corrected chi connectivity index (χ0v) is 19.2. The van der Waals surface area contributed by atoms with Crippen molar-refractivity contribution in [3.05, 3.63) is 82.9 Å². The normalized spacial score (nSPS) is 13.8. The number of H-pyrrole nitrogens is 1. The molecule has 1 aliphatic rings. The summed E-state index contributed by atoms with van der Waals surface area (Å²) in [6.45, 7) is 6.60. The molecular weight excluding hydrogens is 428 g/mol. The van der Waals surface area contributed by atoms with E-state index in [1.54, 1.807) is 12.4 Å². The second-order valence-corrected chi connectivity index (χ2v) is 8.23. The van der Waals surface area contributed by atoms with Crippen LogP contribution >= 0.6 is 0 Å². The third-order valence-electron chi connectivity index (χ3n) is 6.04. The number of rotatable bonds is 7. The molecule has 174 valence electrons. The van der Waals surface area contributed by atoms with Crippen molar-refractivity contribution in [3.63, 3.8) is 0 Å². The van der Waals surface area contributed by atoms with Crippen molar-refractivity contribution in [2.75, 3.05) is 47.9 Å². The van der Waals surface area contributed by atoms with E-state index in [4.69, 9.17) is 4.74 Å². The Kier molecular flexibility index (Phi) is 6.29. The first-order valence-electron chi connectivity index (χ1n) is 11.6. The molecule has 0 atom stereocenters. The van der Waals surface area contributed by atoms with E-state index in [2.05, 4.69) is 54.3 Å². The molecule has 0 spiro atoms. The predicted molar refractivity (Wildman–Crippen MR) is 136 cm³/mol. The number of pyridine rings is 1. The summed E-state index contributed by atoms with van der Waals surface area (Å²) >= 11 is 0. The van der Waals surface area contributed by atoms with Gasteiger partial charge in [0, 0.05) is 68.1 Å². The quantitative estimate of drug-likeness (QED) is 0.439. The number of benzene rings is 2. The molecule has 1 aliphatic heterocycles. The summed E-state index contributed by atoms with van der Waals surface area (Å²) in [4.78, 5) is 28.8. The van der Waals surface area contributed by atoms with Crippen molar-refractivity contribution in [2.45, 2.75) is 13.5 Å². The molecule has 2 aromatic heterocycles. The fourth-order valence-electron chi connectivity index (χ4n) is 4.22. The van der Waals surface area contributed by atoms with Gasteiger partial charge in [0.25, 0.3) is 5.56 Å². The van der Waals surface area contributed by atoms with Gasteiger partial charge in [-0.25, -0.2) is 9.97 Å². The fraction of sp³-hybridized carbons (Fsp3) is 0.269. The van der Waals surface area contributed by atoms with E-state index >= 15 is 0 Å². The monoisotopic (exact) mass is 456 g/mol. The maximum atomic E-state index is 12.6. The largest absolute Gasteiger partial charge is 0.494 e. The maximum absolute atomic E-state index is 12.6. The van der Waals surface area contributed by atoms with Crippen LogP contribution in [0.5, 0.6) is 5.75 Å². The zero-order chi connectivity index (χ0) is 23.3. The van der Waals surface area contributed by atoms with Crippen LogP contribution in [0.4, 0.5) is 17.3 Å². The second kappa shape index (κ2) is 9.82. The van der Waals surface area contributed by atoms with E-state index in [0.717, 1.165) is 54.5 Å². The van der Waals surface area contributed by atoms with Gasteiger partial charge < -0.3 is 24.8 Å². The smallest absolute Gasteiger partial charge is 0.253 e. The van der Waals surface area contributed by atoms with E-state index < -0.39 is 0 Å². The molecule has 0 amide bonds. The van der Waals surface area contributed by atoms with Gasteiger partial charge >= 0.3 is 0 Å². The van der Waals surface area contributed by atoms with Crippen molar-refractivity contribution >= 4 is 28.2 Å². The number of aromatic amines is 1. The van der Waals surface area contributed by atoms with Crippen LogP contribution in [0, 0.1) is 0 Å². The number of fused-ring (bicyclic) bond motifs is 1. The number of piperazine rings is 1. The summed E-state index contributed by atoms with van der Waals surface area (Å²) in [5, 5.41) is 4.35. The summed E-state index contributed by atoms with van der Waals surface area (Å²) in [7, 11) is 0. The summed E-state index contributed by atoms with van der Waals surface area (Å²) in [5.41, 5.74) is 3.55. The third kappa shape index (κ3) is 4.80. The number of ether oxygens (including phenoxy) is 1. The molecule has 0 saturated carbocycles. The first kappa shape index (κ1) is 21.8. The molecule has 0 bridgehead atoms. The van der Waals surface area contributed by atoms with Crippen LogP contribution in [0.15, 0.2) is 71.8 Å². The summed E-state index contributed by atoms with van der Waals surface area (Å²) < 4.78 is 5.52. The molecule has 8 heteroatoms. The lowest BCUT2D eigenvalue weighted by molar-refractivity contribution is 0.340. The van der Waals surface area contributed by atoms with Crippen molar-refractivity contribution in [1.29, 1.82) is 0 Å². The Balaban J connectivity index is 1.19. The number of anilines is 3. The summed E-state index contributed by atoms with van der Waals surface area (Å²) in [6.07, 6.45) is 3.56. The molecule has 0 aliphatic carbocycles. The number of nitrogens with zero attached hydrogens (tertiary/aromatic N) is 4. The molecule has 0 radical (unpaired) electrons. The average Bonchev–Trinajstić information content (AvgIpc) is 2.89. The minimum atomic E-state index is -0.0921. The summed E-state index contributed by atoms with van der Waals surface area (Å²) in [5.74, 6) is 1.55. The molecule has 2 N–H and O–H groups in total. The van der Waals surface area contributed by atoms with Crippen molar-refractivity contribution in [1.82, 2.24) is 15.0 Å². The van der Waals surface area contributed by atoms with Crippen LogP contribution in [0.1, 0.15) is 12.5 Å².